The van der Waals surface area contributed by atoms with E-state index in [0.29, 0.717) is 16.8 Å². The molecule has 32 heavy (non-hydrogen) atoms. The molecular weight excluding hydrogens is 450 g/mol. The van der Waals surface area contributed by atoms with Crippen LogP contribution in [0.2, 0.25) is 5.02 Å². The van der Waals surface area contributed by atoms with Crippen LogP contribution in [-0.4, -0.2) is 56.9 Å². The minimum absolute atomic E-state index is 0.0900. The van der Waals surface area contributed by atoms with E-state index in [1.54, 1.807) is 6.20 Å². The molecule has 2 aliphatic rings. The smallest absolute Gasteiger partial charge is 0.229 e. The molecular formula is C21H30ClN7O2S. The van der Waals surface area contributed by atoms with Crippen molar-refractivity contribution in [1.29, 1.82) is 0 Å². The number of benzene rings is 1. The molecule has 1 saturated carbocycles. The van der Waals surface area contributed by atoms with Crippen molar-refractivity contribution in [3.8, 4) is 0 Å². The SMILES string of the molecule is CN1CCNCc2cc(Nc3ncc(Cl)c(N[C@@H]4CCCC[C@H]4NS(C)(=O)=O)n3)ccc21. The number of anilines is 4. The second-order valence-electron chi connectivity index (χ2n) is 8.49. The highest BCUT2D eigenvalue weighted by Crippen LogP contribution is 2.29. The van der Waals surface area contributed by atoms with Crippen LogP contribution in [0.1, 0.15) is 31.2 Å². The quantitative estimate of drug-likeness (QED) is 0.500. The molecule has 2 atom stereocenters. The molecule has 1 aromatic heterocycles. The highest BCUT2D eigenvalue weighted by atomic mass is 35.5. The summed E-state index contributed by atoms with van der Waals surface area (Å²) in [6, 6.07) is 5.92. The van der Waals surface area contributed by atoms with Gasteiger partial charge >= 0.3 is 0 Å². The molecule has 1 fully saturated rings. The molecule has 11 heteroatoms. The van der Waals surface area contributed by atoms with Gasteiger partial charge in [0.1, 0.15) is 5.02 Å². The molecule has 0 radical (unpaired) electrons. The Morgan fingerprint density at radius 1 is 1.22 bits per heavy atom. The highest BCUT2D eigenvalue weighted by Gasteiger charge is 2.28. The minimum Gasteiger partial charge on any atom is -0.373 e. The molecule has 0 unspecified atom stereocenters. The molecule has 1 aliphatic carbocycles. The van der Waals surface area contributed by atoms with Gasteiger partial charge in [-0.3, -0.25) is 0 Å². The van der Waals surface area contributed by atoms with E-state index >= 15 is 0 Å². The first-order valence-corrected chi connectivity index (χ1v) is 13.1. The maximum absolute atomic E-state index is 11.8. The van der Waals surface area contributed by atoms with Gasteiger partial charge in [-0.05, 0) is 36.6 Å². The zero-order valence-corrected chi connectivity index (χ0v) is 19.9. The Kier molecular flexibility index (Phi) is 7.04. The molecule has 1 aliphatic heterocycles. The number of nitrogens with one attached hydrogen (secondary N) is 4. The van der Waals surface area contributed by atoms with E-state index in [9.17, 15) is 8.42 Å². The number of aromatic nitrogens is 2. The van der Waals surface area contributed by atoms with Crippen molar-refractivity contribution in [3.05, 3.63) is 35.0 Å². The van der Waals surface area contributed by atoms with Crippen molar-refractivity contribution >= 4 is 44.8 Å². The molecule has 0 saturated heterocycles. The molecule has 4 N–H and O–H groups in total. The van der Waals surface area contributed by atoms with Gasteiger partial charge in [-0.2, -0.15) is 4.98 Å². The van der Waals surface area contributed by atoms with Gasteiger partial charge in [-0.25, -0.2) is 18.1 Å². The van der Waals surface area contributed by atoms with Gasteiger partial charge in [-0.15, -0.1) is 0 Å². The lowest BCUT2D eigenvalue weighted by Crippen LogP contribution is -2.48. The Morgan fingerprint density at radius 2 is 2.00 bits per heavy atom. The molecule has 1 aromatic carbocycles. The van der Waals surface area contributed by atoms with Gasteiger partial charge < -0.3 is 20.9 Å². The van der Waals surface area contributed by atoms with Crippen LogP contribution in [0.25, 0.3) is 0 Å². The van der Waals surface area contributed by atoms with Gasteiger partial charge in [-0.1, -0.05) is 24.4 Å². The summed E-state index contributed by atoms with van der Waals surface area (Å²) < 4.78 is 26.3. The third-order valence-electron chi connectivity index (χ3n) is 5.88. The van der Waals surface area contributed by atoms with E-state index in [1.807, 2.05) is 6.07 Å². The van der Waals surface area contributed by atoms with E-state index in [1.165, 1.54) is 17.5 Å². The topological polar surface area (TPSA) is 111 Å². The number of rotatable bonds is 6. The van der Waals surface area contributed by atoms with Gasteiger partial charge in [0.2, 0.25) is 16.0 Å². The van der Waals surface area contributed by atoms with Crippen LogP contribution >= 0.6 is 11.6 Å². The summed E-state index contributed by atoms with van der Waals surface area (Å²) in [5, 5.41) is 10.4. The number of likely N-dealkylation sites (N-methyl/N-ethyl adjacent to an activating group) is 1. The second-order valence-corrected chi connectivity index (χ2v) is 10.7. The van der Waals surface area contributed by atoms with Gasteiger partial charge in [0, 0.05) is 50.1 Å². The predicted molar refractivity (Wildman–Crippen MR) is 129 cm³/mol. The lowest BCUT2D eigenvalue weighted by atomic mass is 9.91. The summed E-state index contributed by atoms with van der Waals surface area (Å²) in [5.41, 5.74) is 3.31. The lowest BCUT2D eigenvalue weighted by molar-refractivity contribution is 0.379. The minimum atomic E-state index is -3.30. The van der Waals surface area contributed by atoms with E-state index in [2.05, 4.69) is 54.7 Å². The van der Waals surface area contributed by atoms with E-state index in [-0.39, 0.29) is 12.1 Å². The van der Waals surface area contributed by atoms with Crippen LogP contribution < -0.4 is 25.6 Å². The number of halogens is 1. The van der Waals surface area contributed by atoms with Crippen molar-refractivity contribution in [2.75, 3.05) is 41.9 Å². The second kappa shape index (κ2) is 9.78. The first kappa shape index (κ1) is 23.0. The third kappa shape index (κ3) is 5.80. The number of hydrogen-bond acceptors (Lipinski definition) is 8. The normalized spacial score (nSPS) is 21.5. The molecule has 0 spiro atoms. The molecule has 4 rings (SSSR count). The molecule has 9 nitrogen and oxygen atoms in total. The van der Waals surface area contributed by atoms with Crippen LogP contribution in [0, 0.1) is 0 Å². The third-order valence-corrected chi connectivity index (χ3v) is 6.89. The van der Waals surface area contributed by atoms with Crippen molar-refractivity contribution in [3.63, 3.8) is 0 Å². The van der Waals surface area contributed by atoms with Crippen molar-refractivity contribution in [2.45, 2.75) is 44.3 Å². The van der Waals surface area contributed by atoms with Crippen LogP contribution in [0.15, 0.2) is 24.4 Å². The zero-order valence-electron chi connectivity index (χ0n) is 18.4. The Morgan fingerprint density at radius 3 is 2.78 bits per heavy atom. The fourth-order valence-corrected chi connectivity index (χ4v) is 5.30. The molecule has 2 aromatic rings. The summed E-state index contributed by atoms with van der Waals surface area (Å²) in [7, 11) is -1.21. The van der Waals surface area contributed by atoms with Gasteiger partial charge in [0.25, 0.3) is 0 Å². The average molecular weight is 480 g/mol. The van der Waals surface area contributed by atoms with Crippen molar-refractivity contribution < 1.29 is 8.42 Å². The maximum atomic E-state index is 11.8. The summed E-state index contributed by atoms with van der Waals surface area (Å²) in [5.74, 6) is 0.919. The van der Waals surface area contributed by atoms with Crippen LogP contribution in [0.4, 0.5) is 23.1 Å². The lowest BCUT2D eigenvalue weighted by Gasteiger charge is -2.32. The molecule has 2 heterocycles. The standard InChI is InChI=1S/C21H30ClN7O2S/c1-29-10-9-23-12-14-11-15(7-8-19(14)29)25-21-24-13-16(22)20(27-21)26-17-5-3-4-6-18(17)28-32(2,30)31/h7-8,11,13,17-18,23,28H,3-6,9-10,12H2,1-2H3,(H2,24,25,26,27)/t17-,18-/m1/s1. The van der Waals surface area contributed by atoms with Crippen LogP contribution in [0.3, 0.4) is 0 Å². The summed E-state index contributed by atoms with van der Waals surface area (Å²) in [6.07, 6.45) is 6.35. The molecule has 174 valence electrons. The Balaban J connectivity index is 1.51. The van der Waals surface area contributed by atoms with Crippen molar-refractivity contribution in [2.24, 2.45) is 0 Å². The van der Waals surface area contributed by atoms with E-state index in [4.69, 9.17) is 11.6 Å². The predicted octanol–water partition coefficient (Wildman–Crippen LogP) is 2.69. The summed E-state index contributed by atoms with van der Waals surface area (Å²) >= 11 is 6.36. The number of hydrogen-bond donors (Lipinski definition) is 4. The summed E-state index contributed by atoms with van der Waals surface area (Å²) in [4.78, 5) is 11.1. The fourth-order valence-electron chi connectivity index (χ4n) is 4.32. The number of nitrogens with zero attached hydrogens (tertiary/aromatic N) is 3. The maximum Gasteiger partial charge on any atom is 0.229 e. The molecule has 0 amide bonds. The van der Waals surface area contributed by atoms with Gasteiger partial charge in [0.05, 0.1) is 12.5 Å². The Bertz CT molecular complexity index is 1070. The fraction of sp³-hybridized carbons (Fsp3) is 0.524. The monoisotopic (exact) mass is 479 g/mol. The van der Waals surface area contributed by atoms with E-state index in [0.717, 1.165) is 51.0 Å². The first-order valence-electron chi connectivity index (χ1n) is 10.9. The van der Waals surface area contributed by atoms with Crippen molar-refractivity contribution in [1.82, 2.24) is 20.0 Å². The average Bonchev–Trinajstić information content (AvgIpc) is 2.92. The number of fused-ring (bicyclic) bond motifs is 1. The molecule has 0 bridgehead atoms. The van der Waals surface area contributed by atoms with E-state index < -0.39 is 10.0 Å². The zero-order chi connectivity index (χ0) is 22.7. The van der Waals surface area contributed by atoms with Gasteiger partial charge in [0.15, 0.2) is 5.82 Å². The van der Waals surface area contributed by atoms with Crippen LogP contribution in [-0.2, 0) is 16.6 Å². The Labute approximate surface area is 194 Å². The first-order chi connectivity index (χ1) is 15.3. The largest absolute Gasteiger partial charge is 0.373 e. The highest BCUT2D eigenvalue weighted by molar-refractivity contribution is 7.88. The summed E-state index contributed by atoms with van der Waals surface area (Å²) in [6.45, 7) is 2.71. The number of sulfonamides is 1. The Hall–Kier alpha value is -2.14. The van der Waals surface area contributed by atoms with Crippen LogP contribution in [0.5, 0.6) is 0 Å².